The van der Waals surface area contributed by atoms with E-state index in [1.807, 2.05) is 74.5 Å². The maximum absolute atomic E-state index is 12.5. The fourth-order valence-corrected chi connectivity index (χ4v) is 4.12. The second-order valence-corrected chi connectivity index (χ2v) is 7.62. The van der Waals surface area contributed by atoms with Gasteiger partial charge in [0.2, 0.25) is 0 Å². The van der Waals surface area contributed by atoms with Gasteiger partial charge in [-0.1, -0.05) is 42.5 Å². The van der Waals surface area contributed by atoms with Gasteiger partial charge in [-0.05, 0) is 49.2 Å². The van der Waals surface area contributed by atoms with Crippen molar-refractivity contribution in [3.8, 4) is 16.3 Å². The van der Waals surface area contributed by atoms with Crippen molar-refractivity contribution in [2.75, 3.05) is 11.9 Å². The number of hydrogen-bond acceptors (Lipinski definition) is 4. The lowest BCUT2D eigenvalue weighted by molar-refractivity contribution is -0.118. The van der Waals surface area contributed by atoms with Crippen LogP contribution in [-0.4, -0.2) is 17.5 Å². The second kappa shape index (κ2) is 7.82. The molecule has 3 aromatic carbocycles. The van der Waals surface area contributed by atoms with Crippen molar-refractivity contribution in [2.45, 2.75) is 13.8 Å². The third-order valence-corrected chi connectivity index (χ3v) is 5.55. The summed E-state index contributed by atoms with van der Waals surface area (Å²) in [5.74, 6) is 0.563. The Morgan fingerprint density at radius 2 is 1.68 bits per heavy atom. The summed E-state index contributed by atoms with van der Waals surface area (Å²) in [5.41, 5.74) is 4.63. The number of thiazole rings is 1. The van der Waals surface area contributed by atoms with Gasteiger partial charge in [0, 0.05) is 5.56 Å². The van der Waals surface area contributed by atoms with Crippen LogP contribution in [0.4, 0.5) is 5.69 Å². The Hall–Kier alpha value is -3.18. The van der Waals surface area contributed by atoms with Gasteiger partial charge in [0.25, 0.3) is 5.91 Å². The van der Waals surface area contributed by atoms with Crippen LogP contribution in [-0.2, 0) is 4.79 Å². The first kappa shape index (κ1) is 18.2. The van der Waals surface area contributed by atoms with Crippen LogP contribution in [0.5, 0.6) is 5.75 Å². The number of aromatic nitrogens is 1. The molecular formula is C23H20N2O2S. The third-order valence-electron chi connectivity index (χ3n) is 4.48. The second-order valence-electron chi connectivity index (χ2n) is 6.59. The van der Waals surface area contributed by atoms with E-state index >= 15 is 0 Å². The van der Waals surface area contributed by atoms with E-state index in [-0.39, 0.29) is 12.5 Å². The molecule has 0 saturated carbocycles. The number of para-hydroxylation sites is 3. The topological polar surface area (TPSA) is 51.2 Å². The van der Waals surface area contributed by atoms with E-state index in [0.717, 1.165) is 43.4 Å². The zero-order valence-corrected chi connectivity index (χ0v) is 16.5. The molecule has 0 spiro atoms. The number of benzene rings is 3. The first-order chi connectivity index (χ1) is 13.6. The lowest BCUT2D eigenvalue weighted by atomic mass is 10.1. The first-order valence-corrected chi connectivity index (χ1v) is 9.87. The van der Waals surface area contributed by atoms with Gasteiger partial charge in [-0.25, -0.2) is 4.98 Å². The maximum atomic E-state index is 12.5. The van der Waals surface area contributed by atoms with Crippen molar-refractivity contribution in [3.05, 3.63) is 77.9 Å². The molecule has 0 atom stereocenters. The van der Waals surface area contributed by atoms with Gasteiger partial charge in [0.05, 0.1) is 15.9 Å². The predicted molar refractivity (Wildman–Crippen MR) is 115 cm³/mol. The molecule has 28 heavy (non-hydrogen) atoms. The molecule has 1 aromatic heterocycles. The molecule has 140 valence electrons. The average molecular weight is 388 g/mol. The molecule has 0 unspecified atom stereocenters. The molecule has 1 amide bonds. The summed E-state index contributed by atoms with van der Waals surface area (Å²) in [6, 6.07) is 21.7. The van der Waals surface area contributed by atoms with Crippen molar-refractivity contribution in [1.82, 2.24) is 4.98 Å². The minimum Gasteiger partial charge on any atom is -0.483 e. The molecule has 0 fully saturated rings. The third kappa shape index (κ3) is 3.75. The molecule has 0 aliphatic heterocycles. The SMILES string of the molecule is Cc1cccc(C)c1OCC(=O)Nc1ccccc1-c1nc2ccccc2s1. The van der Waals surface area contributed by atoms with Crippen molar-refractivity contribution < 1.29 is 9.53 Å². The minimum atomic E-state index is -0.198. The normalized spacial score (nSPS) is 10.8. The number of anilines is 1. The van der Waals surface area contributed by atoms with Crippen LogP contribution in [0.2, 0.25) is 0 Å². The molecule has 0 radical (unpaired) electrons. The molecule has 5 heteroatoms. The molecule has 1 heterocycles. The largest absolute Gasteiger partial charge is 0.483 e. The van der Waals surface area contributed by atoms with Crippen molar-refractivity contribution in [1.29, 1.82) is 0 Å². The number of hydrogen-bond donors (Lipinski definition) is 1. The lowest BCUT2D eigenvalue weighted by Gasteiger charge is -2.13. The zero-order valence-electron chi connectivity index (χ0n) is 15.7. The minimum absolute atomic E-state index is 0.0418. The van der Waals surface area contributed by atoms with Crippen LogP contribution in [0.1, 0.15) is 11.1 Å². The average Bonchev–Trinajstić information content (AvgIpc) is 3.12. The Morgan fingerprint density at radius 3 is 2.46 bits per heavy atom. The van der Waals surface area contributed by atoms with E-state index in [2.05, 4.69) is 11.4 Å². The number of fused-ring (bicyclic) bond motifs is 1. The Labute approximate surface area is 167 Å². The smallest absolute Gasteiger partial charge is 0.262 e. The highest BCUT2D eigenvalue weighted by molar-refractivity contribution is 7.21. The maximum Gasteiger partial charge on any atom is 0.262 e. The van der Waals surface area contributed by atoms with E-state index in [4.69, 9.17) is 9.72 Å². The number of carbonyl (C=O) groups excluding carboxylic acids is 1. The Morgan fingerprint density at radius 1 is 0.964 bits per heavy atom. The molecule has 4 rings (SSSR count). The van der Waals surface area contributed by atoms with Gasteiger partial charge in [0.1, 0.15) is 10.8 Å². The van der Waals surface area contributed by atoms with Gasteiger partial charge in [-0.3, -0.25) is 4.79 Å². The highest BCUT2D eigenvalue weighted by Crippen LogP contribution is 2.34. The van der Waals surface area contributed by atoms with E-state index in [1.165, 1.54) is 0 Å². The number of rotatable bonds is 5. The van der Waals surface area contributed by atoms with E-state index in [0.29, 0.717) is 0 Å². The van der Waals surface area contributed by atoms with Crippen LogP contribution in [0.15, 0.2) is 66.7 Å². The Balaban J connectivity index is 1.53. The summed E-state index contributed by atoms with van der Waals surface area (Å²) in [4.78, 5) is 17.2. The lowest BCUT2D eigenvalue weighted by Crippen LogP contribution is -2.21. The number of nitrogens with zero attached hydrogens (tertiary/aromatic N) is 1. The van der Waals surface area contributed by atoms with Gasteiger partial charge >= 0.3 is 0 Å². The van der Waals surface area contributed by atoms with Crippen LogP contribution in [0.25, 0.3) is 20.8 Å². The fourth-order valence-electron chi connectivity index (χ4n) is 3.12. The molecule has 0 saturated heterocycles. The Bertz CT molecular complexity index is 1100. The van der Waals surface area contributed by atoms with Crippen molar-refractivity contribution in [2.24, 2.45) is 0 Å². The summed E-state index contributed by atoms with van der Waals surface area (Å²) >= 11 is 1.61. The Kier molecular flexibility index (Phi) is 5.08. The summed E-state index contributed by atoms with van der Waals surface area (Å²) in [6.07, 6.45) is 0. The molecule has 0 aliphatic carbocycles. The van der Waals surface area contributed by atoms with Gasteiger partial charge < -0.3 is 10.1 Å². The molecular weight excluding hydrogens is 368 g/mol. The summed E-state index contributed by atoms with van der Waals surface area (Å²) in [6.45, 7) is 3.91. The molecule has 4 nitrogen and oxygen atoms in total. The highest BCUT2D eigenvalue weighted by atomic mass is 32.1. The quantitative estimate of drug-likeness (QED) is 0.484. The van der Waals surface area contributed by atoms with Crippen molar-refractivity contribution in [3.63, 3.8) is 0 Å². The van der Waals surface area contributed by atoms with Crippen LogP contribution >= 0.6 is 11.3 Å². The summed E-state index contributed by atoms with van der Waals surface area (Å²) in [7, 11) is 0. The summed E-state index contributed by atoms with van der Waals surface area (Å²) < 4.78 is 6.89. The van der Waals surface area contributed by atoms with Gasteiger partial charge in [-0.2, -0.15) is 0 Å². The van der Waals surface area contributed by atoms with Gasteiger partial charge in [0.15, 0.2) is 6.61 Å². The monoisotopic (exact) mass is 388 g/mol. The van der Waals surface area contributed by atoms with E-state index in [9.17, 15) is 4.79 Å². The van der Waals surface area contributed by atoms with Crippen LogP contribution in [0, 0.1) is 13.8 Å². The molecule has 0 aliphatic rings. The fraction of sp³-hybridized carbons (Fsp3) is 0.130. The predicted octanol–water partition coefficient (Wildman–Crippen LogP) is 5.60. The van der Waals surface area contributed by atoms with Crippen LogP contribution < -0.4 is 10.1 Å². The first-order valence-electron chi connectivity index (χ1n) is 9.05. The highest BCUT2D eigenvalue weighted by Gasteiger charge is 2.13. The van der Waals surface area contributed by atoms with Crippen molar-refractivity contribution >= 4 is 33.1 Å². The zero-order chi connectivity index (χ0) is 19.5. The van der Waals surface area contributed by atoms with Gasteiger partial charge in [-0.15, -0.1) is 11.3 Å². The summed E-state index contributed by atoms with van der Waals surface area (Å²) in [5, 5.41) is 3.85. The number of ether oxygens (including phenoxy) is 1. The van der Waals surface area contributed by atoms with E-state index < -0.39 is 0 Å². The standard InChI is InChI=1S/C23H20N2O2S/c1-15-8-7-9-16(2)22(15)27-14-21(26)24-18-11-4-3-10-17(18)23-25-19-12-5-6-13-20(19)28-23/h3-13H,14H2,1-2H3,(H,24,26). The van der Waals surface area contributed by atoms with Crippen LogP contribution in [0.3, 0.4) is 0 Å². The number of amides is 1. The molecule has 1 N–H and O–H groups in total. The number of carbonyl (C=O) groups is 1. The number of nitrogens with one attached hydrogen (secondary N) is 1. The molecule has 4 aromatic rings. The van der Waals surface area contributed by atoms with E-state index in [1.54, 1.807) is 11.3 Å². The number of aryl methyl sites for hydroxylation is 2. The molecule has 0 bridgehead atoms.